The number of rotatable bonds is 3. The largest absolute Gasteiger partial charge is 0.465 e. The molecule has 1 heterocycles. The maximum atomic E-state index is 11.5. The lowest BCUT2D eigenvalue weighted by molar-refractivity contribution is -0.133. The van der Waals surface area contributed by atoms with Crippen molar-refractivity contribution >= 4 is 27.5 Å². The summed E-state index contributed by atoms with van der Waals surface area (Å²) < 4.78 is 5.26. The minimum absolute atomic E-state index is 0.149. The van der Waals surface area contributed by atoms with Gasteiger partial charge in [0.05, 0.1) is 18.5 Å². The van der Waals surface area contributed by atoms with Crippen LogP contribution in [0.5, 0.6) is 0 Å². The van der Waals surface area contributed by atoms with Crippen molar-refractivity contribution in [1.29, 1.82) is 0 Å². The lowest BCUT2D eigenvalue weighted by atomic mass is 10.0. The molecule has 98 valence electrons. The number of aromatic nitrogens is 1. The van der Waals surface area contributed by atoms with E-state index < -0.39 is 11.6 Å². The van der Waals surface area contributed by atoms with Crippen LogP contribution in [0.2, 0.25) is 0 Å². The molecule has 0 saturated carbocycles. The van der Waals surface area contributed by atoms with Crippen LogP contribution in [0.3, 0.4) is 0 Å². The highest BCUT2D eigenvalue weighted by molar-refractivity contribution is 9.10. The molecule has 0 aliphatic heterocycles. The first-order valence-electron chi connectivity index (χ1n) is 5.21. The zero-order valence-corrected chi connectivity index (χ0v) is 12.0. The summed E-state index contributed by atoms with van der Waals surface area (Å²) >= 11 is 3.30. The highest BCUT2D eigenvalue weighted by Crippen LogP contribution is 2.27. The summed E-state index contributed by atoms with van der Waals surface area (Å²) in [5, 5.41) is 9.99. The van der Waals surface area contributed by atoms with E-state index in [1.807, 2.05) is 0 Å². The number of pyridine rings is 1. The summed E-state index contributed by atoms with van der Waals surface area (Å²) in [6, 6.07) is 3.32. The van der Waals surface area contributed by atoms with Gasteiger partial charge in [0.25, 0.3) is 0 Å². The molecule has 1 aromatic rings. The molecule has 0 aliphatic carbocycles. The van der Waals surface area contributed by atoms with E-state index in [0.717, 1.165) is 6.20 Å². The lowest BCUT2D eigenvalue weighted by Gasteiger charge is -2.19. The molecule has 0 unspecified atom stereocenters. The van der Waals surface area contributed by atoms with Gasteiger partial charge in [-0.05, 0) is 41.9 Å². The molecule has 18 heavy (non-hydrogen) atoms. The number of nitrogens with zero attached hydrogens (tertiary/aromatic N) is 1. The van der Waals surface area contributed by atoms with Gasteiger partial charge < -0.3 is 15.6 Å². The fourth-order valence-corrected chi connectivity index (χ4v) is 2.10. The molecular formula is C12H15BrN2O3. The molecule has 0 spiro atoms. The standard InChI is InChI=1S/C12H15BrN2O3/c1-12(2,17)10-8(13)4-5-9(15-10)7(6-14)11(16)18-3/h4-6,17H,14H2,1-3H3/b7-6+. The maximum Gasteiger partial charge on any atom is 0.341 e. The molecule has 0 amide bonds. The molecule has 3 N–H and O–H groups in total. The van der Waals surface area contributed by atoms with Gasteiger partial charge in [0.2, 0.25) is 0 Å². The van der Waals surface area contributed by atoms with Gasteiger partial charge in [-0.2, -0.15) is 0 Å². The maximum absolute atomic E-state index is 11.5. The average molecular weight is 315 g/mol. The number of esters is 1. The van der Waals surface area contributed by atoms with Gasteiger partial charge in [-0.25, -0.2) is 9.78 Å². The van der Waals surface area contributed by atoms with Crippen LogP contribution in [0.25, 0.3) is 5.57 Å². The van der Waals surface area contributed by atoms with E-state index in [9.17, 15) is 9.90 Å². The van der Waals surface area contributed by atoms with Gasteiger partial charge in [-0.15, -0.1) is 0 Å². The third-order valence-corrected chi connectivity index (χ3v) is 2.91. The van der Waals surface area contributed by atoms with Crippen molar-refractivity contribution in [3.8, 4) is 0 Å². The number of carbonyl (C=O) groups excluding carboxylic acids is 1. The summed E-state index contributed by atoms with van der Waals surface area (Å²) in [6.07, 6.45) is 1.14. The van der Waals surface area contributed by atoms with Crippen LogP contribution >= 0.6 is 15.9 Å². The van der Waals surface area contributed by atoms with Crippen molar-refractivity contribution in [2.45, 2.75) is 19.4 Å². The first-order chi connectivity index (χ1) is 8.31. The Kier molecular flexibility index (Phi) is 4.48. The third kappa shape index (κ3) is 3.08. The number of aliphatic hydroxyl groups is 1. The minimum atomic E-state index is -1.13. The number of halogens is 1. The second-order valence-electron chi connectivity index (χ2n) is 4.16. The molecule has 0 saturated heterocycles. The van der Waals surface area contributed by atoms with Gasteiger partial charge in [-0.1, -0.05) is 0 Å². The Bertz CT molecular complexity index is 493. The molecule has 0 radical (unpaired) electrons. The van der Waals surface area contributed by atoms with E-state index in [4.69, 9.17) is 5.73 Å². The second kappa shape index (κ2) is 5.49. The Morgan fingerprint density at radius 2 is 2.17 bits per heavy atom. The van der Waals surface area contributed by atoms with Crippen molar-refractivity contribution in [1.82, 2.24) is 4.98 Å². The van der Waals surface area contributed by atoms with E-state index >= 15 is 0 Å². The predicted octanol–water partition coefficient (Wildman–Crippen LogP) is 1.54. The Balaban J connectivity index is 3.32. The van der Waals surface area contributed by atoms with Crippen LogP contribution < -0.4 is 5.73 Å². The minimum Gasteiger partial charge on any atom is -0.465 e. The first-order valence-corrected chi connectivity index (χ1v) is 6.00. The monoisotopic (exact) mass is 314 g/mol. The number of carbonyl (C=O) groups is 1. The highest BCUT2D eigenvalue weighted by Gasteiger charge is 2.23. The molecule has 0 bridgehead atoms. The Morgan fingerprint density at radius 1 is 1.56 bits per heavy atom. The van der Waals surface area contributed by atoms with E-state index in [1.54, 1.807) is 26.0 Å². The Hall–Kier alpha value is -1.40. The van der Waals surface area contributed by atoms with E-state index in [2.05, 4.69) is 25.7 Å². The number of ether oxygens (including phenoxy) is 1. The fraction of sp³-hybridized carbons (Fsp3) is 0.333. The highest BCUT2D eigenvalue weighted by atomic mass is 79.9. The number of methoxy groups -OCH3 is 1. The smallest absolute Gasteiger partial charge is 0.341 e. The molecule has 0 atom stereocenters. The zero-order valence-electron chi connectivity index (χ0n) is 10.4. The molecular weight excluding hydrogens is 300 g/mol. The summed E-state index contributed by atoms with van der Waals surface area (Å²) in [5.74, 6) is -0.575. The summed E-state index contributed by atoms with van der Waals surface area (Å²) in [6.45, 7) is 3.21. The van der Waals surface area contributed by atoms with Crippen LogP contribution in [0.4, 0.5) is 0 Å². The Morgan fingerprint density at radius 3 is 2.61 bits per heavy atom. The number of hydrogen-bond acceptors (Lipinski definition) is 5. The normalized spacial score (nSPS) is 12.4. The van der Waals surface area contributed by atoms with Crippen molar-refractivity contribution in [3.63, 3.8) is 0 Å². The fourth-order valence-electron chi connectivity index (χ4n) is 1.39. The topological polar surface area (TPSA) is 85.4 Å². The summed E-state index contributed by atoms with van der Waals surface area (Å²) in [5.41, 5.74) is 5.19. The van der Waals surface area contributed by atoms with E-state index in [0.29, 0.717) is 15.9 Å². The van der Waals surface area contributed by atoms with Gasteiger partial charge in [0, 0.05) is 10.7 Å². The van der Waals surface area contributed by atoms with Gasteiger partial charge in [-0.3, -0.25) is 0 Å². The Labute approximate surface area is 114 Å². The third-order valence-electron chi connectivity index (χ3n) is 2.27. The molecule has 1 rings (SSSR count). The number of hydrogen-bond donors (Lipinski definition) is 2. The van der Waals surface area contributed by atoms with Gasteiger partial charge >= 0.3 is 5.97 Å². The van der Waals surface area contributed by atoms with Crippen LogP contribution in [0.15, 0.2) is 22.8 Å². The molecule has 6 heteroatoms. The molecule has 5 nitrogen and oxygen atoms in total. The molecule has 0 aromatic carbocycles. The summed E-state index contributed by atoms with van der Waals surface area (Å²) in [7, 11) is 1.27. The van der Waals surface area contributed by atoms with Crippen LogP contribution in [-0.4, -0.2) is 23.2 Å². The first kappa shape index (κ1) is 14.7. The molecule has 1 aromatic heterocycles. The summed E-state index contributed by atoms with van der Waals surface area (Å²) in [4.78, 5) is 15.7. The van der Waals surface area contributed by atoms with Crippen LogP contribution in [0, 0.1) is 0 Å². The van der Waals surface area contributed by atoms with Gasteiger partial charge in [0.1, 0.15) is 11.2 Å². The van der Waals surface area contributed by atoms with Crippen LogP contribution in [0.1, 0.15) is 25.2 Å². The number of nitrogens with two attached hydrogens (primary N) is 1. The quantitative estimate of drug-likeness (QED) is 0.653. The predicted molar refractivity (Wildman–Crippen MR) is 71.4 cm³/mol. The SMILES string of the molecule is COC(=O)/C(=C/N)c1ccc(Br)c(C(C)(C)O)n1. The molecule has 0 fully saturated rings. The second-order valence-corrected chi connectivity index (χ2v) is 5.01. The zero-order chi connectivity index (χ0) is 13.9. The van der Waals surface area contributed by atoms with Crippen molar-refractivity contribution in [2.75, 3.05) is 7.11 Å². The molecule has 0 aliphatic rings. The van der Waals surface area contributed by atoms with Crippen LogP contribution in [-0.2, 0) is 15.1 Å². The average Bonchev–Trinajstić information content (AvgIpc) is 2.30. The van der Waals surface area contributed by atoms with Crippen molar-refractivity contribution < 1.29 is 14.6 Å². The van der Waals surface area contributed by atoms with E-state index in [-0.39, 0.29) is 5.57 Å². The van der Waals surface area contributed by atoms with Crippen molar-refractivity contribution in [3.05, 3.63) is 34.2 Å². The van der Waals surface area contributed by atoms with Crippen molar-refractivity contribution in [2.24, 2.45) is 5.73 Å². The van der Waals surface area contributed by atoms with E-state index in [1.165, 1.54) is 7.11 Å². The van der Waals surface area contributed by atoms with Gasteiger partial charge in [0.15, 0.2) is 0 Å². The lowest BCUT2D eigenvalue weighted by Crippen LogP contribution is -2.20.